The molecular formula is C12H11F2NO3. The van der Waals surface area contributed by atoms with Crippen molar-refractivity contribution in [3.8, 4) is 11.8 Å². The number of halogens is 2. The summed E-state index contributed by atoms with van der Waals surface area (Å²) in [7, 11) is 1.18. The number of benzene rings is 1. The molecule has 0 amide bonds. The number of hydrogen-bond acceptors (Lipinski definition) is 4. The Bertz CT molecular complexity index is 495. The molecule has 0 bridgehead atoms. The SMILES string of the molecule is CCOC(=O)c1cc(C#N)cc(C(F)F)c1OC. The summed E-state index contributed by atoms with van der Waals surface area (Å²) in [5.74, 6) is -1.06. The fraction of sp³-hybridized carbons (Fsp3) is 0.333. The molecule has 1 aromatic rings. The van der Waals surface area contributed by atoms with Gasteiger partial charge in [-0.3, -0.25) is 0 Å². The average molecular weight is 255 g/mol. The van der Waals surface area contributed by atoms with E-state index in [1.807, 2.05) is 0 Å². The van der Waals surface area contributed by atoms with E-state index in [1.54, 1.807) is 13.0 Å². The smallest absolute Gasteiger partial charge is 0.341 e. The molecule has 0 atom stereocenters. The second-order valence-electron chi connectivity index (χ2n) is 3.28. The number of nitrogens with zero attached hydrogens (tertiary/aromatic N) is 1. The van der Waals surface area contributed by atoms with Gasteiger partial charge in [0.1, 0.15) is 11.3 Å². The number of rotatable bonds is 4. The maximum absolute atomic E-state index is 12.8. The topological polar surface area (TPSA) is 59.3 Å². The highest BCUT2D eigenvalue weighted by Crippen LogP contribution is 2.33. The van der Waals surface area contributed by atoms with Crippen molar-refractivity contribution in [3.05, 3.63) is 28.8 Å². The van der Waals surface area contributed by atoms with Crippen molar-refractivity contribution in [3.63, 3.8) is 0 Å². The molecule has 0 aliphatic rings. The molecule has 0 saturated carbocycles. The fourth-order valence-electron chi connectivity index (χ4n) is 1.47. The summed E-state index contributed by atoms with van der Waals surface area (Å²) in [5.41, 5.74) is -0.720. The zero-order valence-corrected chi connectivity index (χ0v) is 9.87. The van der Waals surface area contributed by atoms with Crippen LogP contribution in [0.2, 0.25) is 0 Å². The molecule has 1 aromatic carbocycles. The summed E-state index contributed by atoms with van der Waals surface area (Å²) in [6.07, 6.45) is -2.85. The molecule has 0 N–H and O–H groups in total. The van der Waals surface area contributed by atoms with E-state index in [0.29, 0.717) is 0 Å². The van der Waals surface area contributed by atoms with Gasteiger partial charge in [0.15, 0.2) is 0 Å². The lowest BCUT2D eigenvalue weighted by molar-refractivity contribution is 0.0521. The second-order valence-corrected chi connectivity index (χ2v) is 3.28. The number of alkyl halides is 2. The zero-order chi connectivity index (χ0) is 13.7. The van der Waals surface area contributed by atoms with E-state index in [4.69, 9.17) is 14.7 Å². The maximum Gasteiger partial charge on any atom is 0.341 e. The molecule has 96 valence electrons. The highest BCUT2D eigenvalue weighted by molar-refractivity contribution is 5.93. The van der Waals surface area contributed by atoms with E-state index in [1.165, 1.54) is 13.2 Å². The summed E-state index contributed by atoms with van der Waals surface area (Å²) in [5, 5.41) is 8.76. The van der Waals surface area contributed by atoms with Gasteiger partial charge in [0, 0.05) is 0 Å². The van der Waals surface area contributed by atoms with Crippen LogP contribution in [-0.4, -0.2) is 19.7 Å². The average Bonchev–Trinajstić information content (AvgIpc) is 2.37. The summed E-state index contributed by atoms with van der Waals surface area (Å²) in [4.78, 5) is 11.6. The Morgan fingerprint density at radius 3 is 2.61 bits per heavy atom. The molecule has 0 fully saturated rings. The van der Waals surface area contributed by atoms with Gasteiger partial charge < -0.3 is 9.47 Å². The van der Waals surface area contributed by atoms with Gasteiger partial charge >= 0.3 is 5.97 Å². The van der Waals surface area contributed by atoms with Crippen LogP contribution in [0.15, 0.2) is 12.1 Å². The van der Waals surface area contributed by atoms with Crippen LogP contribution in [0.1, 0.15) is 34.8 Å². The Balaban J connectivity index is 3.43. The summed E-state index contributed by atoms with van der Waals surface area (Å²) < 4.78 is 35.2. The maximum atomic E-state index is 12.8. The van der Waals surface area contributed by atoms with E-state index in [2.05, 4.69) is 0 Å². The number of esters is 1. The van der Waals surface area contributed by atoms with Crippen LogP contribution in [0, 0.1) is 11.3 Å². The monoisotopic (exact) mass is 255 g/mol. The van der Waals surface area contributed by atoms with E-state index >= 15 is 0 Å². The summed E-state index contributed by atoms with van der Waals surface area (Å²) in [6, 6.07) is 3.88. The Hall–Kier alpha value is -2.16. The lowest BCUT2D eigenvalue weighted by Crippen LogP contribution is -2.09. The van der Waals surface area contributed by atoms with Crippen molar-refractivity contribution < 1.29 is 23.0 Å². The second kappa shape index (κ2) is 5.96. The van der Waals surface area contributed by atoms with E-state index in [9.17, 15) is 13.6 Å². The highest BCUT2D eigenvalue weighted by atomic mass is 19.3. The molecule has 0 aromatic heterocycles. The van der Waals surface area contributed by atoms with Gasteiger partial charge in [-0.2, -0.15) is 5.26 Å². The number of ether oxygens (including phenoxy) is 2. The van der Waals surface area contributed by atoms with Crippen molar-refractivity contribution in [1.29, 1.82) is 5.26 Å². The van der Waals surface area contributed by atoms with Crippen LogP contribution in [0.3, 0.4) is 0 Å². The Kier molecular flexibility index (Phi) is 4.60. The van der Waals surface area contributed by atoms with Gasteiger partial charge in [-0.1, -0.05) is 0 Å². The van der Waals surface area contributed by atoms with Gasteiger partial charge in [-0.25, -0.2) is 13.6 Å². The number of nitriles is 1. The minimum atomic E-state index is -2.85. The Labute approximate surface area is 103 Å². The quantitative estimate of drug-likeness (QED) is 0.776. The lowest BCUT2D eigenvalue weighted by atomic mass is 10.0. The molecule has 6 heteroatoms. The van der Waals surface area contributed by atoms with Gasteiger partial charge in [-0.15, -0.1) is 0 Å². The van der Waals surface area contributed by atoms with Crippen LogP contribution >= 0.6 is 0 Å². The zero-order valence-electron chi connectivity index (χ0n) is 9.87. The van der Waals surface area contributed by atoms with E-state index in [0.717, 1.165) is 6.07 Å². The van der Waals surface area contributed by atoms with Gasteiger partial charge in [0.2, 0.25) is 0 Å². The minimum Gasteiger partial charge on any atom is -0.495 e. The van der Waals surface area contributed by atoms with Crippen molar-refractivity contribution >= 4 is 5.97 Å². The molecule has 4 nitrogen and oxygen atoms in total. The normalized spacial score (nSPS) is 10.0. The lowest BCUT2D eigenvalue weighted by Gasteiger charge is -2.12. The van der Waals surface area contributed by atoms with Crippen LogP contribution in [0.25, 0.3) is 0 Å². The third kappa shape index (κ3) is 2.74. The van der Waals surface area contributed by atoms with Crippen molar-refractivity contribution in [2.75, 3.05) is 13.7 Å². The molecular weight excluding hydrogens is 244 g/mol. The minimum absolute atomic E-state index is 0.0471. The van der Waals surface area contributed by atoms with Crippen molar-refractivity contribution in [1.82, 2.24) is 0 Å². The molecule has 0 radical (unpaired) electrons. The van der Waals surface area contributed by atoms with Gasteiger partial charge in [-0.05, 0) is 19.1 Å². The fourth-order valence-corrected chi connectivity index (χ4v) is 1.47. The van der Waals surface area contributed by atoms with Gasteiger partial charge in [0.25, 0.3) is 6.43 Å². The molecule has 0 spiro atoms. The summed E-state index contributed by atoms with van der Waals surface area (Å²) in [6.45, 7) is 1.69. The standard InChI is InChI=1S/C12H11F2NO3/c1-3-18-12(16)9-5-7(6-15)4-8(11(13)14)10(9)17-2/h4-5,11H,3H2,1-2H3. The molecule has 0 unspecified atom stereocenters. The van der Waals surface area contributed by atoms with Gasteiger partial charge in [0.05, 0.1) is 30.9 Å². The number of carbonyl (C=O) groups excluding carboxylic acids is 1. The molecule has 18 heavy (non-hydrogen) atoms. The molecule has 0 aliphatic carbocycles. The first-order valence-electron chi connectivity index (χ1n) is 5.12. The van der Waals surface area contributed by atoms with Crippen LogP contribution < -0.4 is 4.74 Å². The first-order chi connectivity index (χ1) is 8.54. The first-order valence-corrected chi connectivity index (χ1v) is 5.12. The van der Waals surface area contributed by atoms with Crippen molar-refractivity contribution in [2.45, 2.75) is 13.3 Å². The molecule has 0 saturated heterocycles. The predicted octanol–water partition coefficient (Wildman–Crippen LogP) is 2.68. The van der Waals surface area contributed by atoms with Crippen molar-refractivity contribution in [2.24, 2.45) is 0 Å². The van der Waals surface area contributed by atoms with E-state index in [-0.39, 0.29) is 23.5 Å². The van der Waals surface area contributed by atoms with Crippen LogP contribution in [0.5, 0.6) is 5.75 Å². The first kappa shape index (κ1) is 13.9. The number of hydrogen-bond donors (Lipinski definition) is 0. The Morgan fingerprint density at radius 2 is 2.17 bits per heavy atom. The molecule has 0 aliphatic heterocycles. The number of methoxy groups -OCH3 is 1. The molecule has 1 rings (SSSR count). The third-order valence-corrected chi connectivity index (χ3v) is 2.18. The molecule has 0 heterocycles. The summed E-state index contributed by atoms with van der Waals surface area (Å²) >= 11 is 0. The Morgan fingerprint density at radius 1 is 1.50 bits per heavy atom. The van der Waals surface area contributed by atoms with Crippen LogP contribution in [-0.2, 0) is 4.74 Å². The predicted molar refractivity (Wildman–Crippen MR) is 58.6 cm³/mol. The highest BCUT2D eigenvalue weighted by Gasteiger charge is 2.23. The van der Waals surface area contributed by atoms with Crippen LogP contribution in [0.4, 0.5) is 8.78 Å². The third-order valence-electron chi connectivity index (χ3n) is 2.18. The number of carbonyl (C=O) groups is 1. The largest absolute Gasteiger partial charge is 0.495 e. The van der Waals surface area contributed by atoms with E-state index < -0.39 is 18.0 Å².